The molecule has 0 saturated carbocycles. The number of carbonyl (C=O) groups excluding carboxylic acids is 1. The molecule has 0 fully saturated rings. The third kappa shape index (κ3) is 4.68. The molecule has 0 radical (unpaired) electrons. The Morgan fingerprint density at radius 1 is 1.09 bits per heavy atom. The van der Waals surface area contributed by atoms with Gasteiger partial charge in [-0.2, -0.15) is 0 Å². The van der Waals surface area contributed by atoms with Crippen molar-refractivity contribution in [1.29, 1.82) is 0 Å². The predicted molar refractivity (Wildman–Crippen MR) is 117 cm³/mol. The number of nitrogens with one attached hydrogen (secondary N) is 1. The lowest BCUT2D eigenvalue weighted by Gasteiger charge is -2.27. The van der Waals surface area contributed by atoms with Crippen molar-refractivity contribution in [3.05, 3.63) is 99.8 Å². The van der Waals surface area contributed by atoms with E-state index in [-0.39, 0.29) is 18.4 Å². The molecule has 4 rings (SSSR count). The summed E-state index contributed by atoms with van der Waals surface area (Å²) in [5, 5.41) is 12.3. The van der Waals surface area contributed by atoms with Crippen LogP contribution < -0.4 is 10.1 Å². The smallest absolute Gasteiger partial charge is 0.341 e. The van der Waals surface area contributed by atoms with Crippen LogP contribution in [0.15, 0.2) is 66.7 Å². The van der Waals surface area contributed by atoms with E-state index in [1.165, 1.54) is 12.1 Å². The second-order valence-electron chi connectivity index (χ2n) is 7.38. The molecule has 164 valence electrons. The van der Waals surface area contributed by atoms with E-state index in [4.69, 9.17) is 21.4 Å². The summed E-state index contributed by atoms with van der Waals surface area (Å²) < 4.78 is 19.0. The summed E-state index contributed by atoms with van der Waals surface area (Å²) in [6.07, 6.45) is 0. The van der Waals surface area contributed by atoms with Gasteiger partial charge in [-0.25, -0.2) is 14.0 Å². The number of hydrogen-bond acceptors (Lipinski definition) is 3. The molecule has 1 atom stereocenters. The average Bonchev–Trinajstić information content (AvgIpc) is 3.16. The summed E-state index contributed by atoms with van der Waals surface area (Å²) in [5.41, 5.74) is 3.09. The molecule has 1 aliphatic rings. The number of hydrogen-bond donors (Lipinski definition) is 2. The fraction of sp³-hybridized carbons (Fsp3) is 0.167. The quantitative estimate of drug-likeness (QED) is 0.563. The summed E-state index contributed by atoms with van der Waals surface area (Å²) in [6.45, 7) is -0.0104. The molecule has 3 aromatic rings. The number of carboxylic acid groups (broad SMARTS) is 1. The van der Waals surface area contributed by atoms with Gasteiger partial charge in [-0.1, -0.05) is 48.0 Å². The molecule has 0 aliphatic carbocycles. The highest BCUT2D eigenvalue weighted by Crippen LogP contribution is 2.42. The first-order chi connectivity index (χ1) is 15.4. The van der Waals surface area contributed by atoms with E-state index in [1.807, 2.05) is 24.3 Å². The molecule has 1 heterocycles. The Kier molecular flexibility index (Phi) is 6.28. The van der Waals surface area contributed by atoms with Crippen molar-refractivity contribution in [3.63, 3.8) is 0 Å². The molecule has 0 spiro atoms. The third-order valence-electron chi connectivity index (χ3n) is 5.21. The minimum Gasteiger partial charge on any atom is -0.482 e. The third-order valence-corrected chi connectivity index (χ3v) is 5.45. The maximum atomic E-state index is 13.5. The summed E-state index contributed by atoms with van der Waals surface area (Å²) in [4.78, 5) is 25.8. The van der Waals surface area contributed by atoms with Crippen molar-refractivity contribution < 1.29 is 23.8 Å². The standard InChI is InChI=1S/C24H20ClFN2O4/c25-17-8-9-21(32-14-22(29)30)20(11-17)23-19-7-2-1-5-16(19)13-28(23)24(31)27-12-15-4-3-6-18(26)10-15/h1-11,23H,12-14H2,(H,27,31)(H,29,30). The molecule has 8 heteroatoms. The van der Waals surface area contributed by atoms with Gasteiger partial charge < -0.3 is 20.1 Å². The van der Waals surface area contributed by atoms with Gasteiger partial charge in [0.15, 0.2) is 6.61 Å². The lowest BCUT2D eigenvalue weighted by Crippen LogP contribution is -2.39. The van der Waals surface area contributed by atoms with Crippen LogP contribution in [0.1, 0.15) is 28.3 Å². The molecular formula is C24H20ClFN2O4. The number of benzene rings is 3. The van der Waals surface area contributed by atoms with Crippen molar-refractivity contribution in [3.8, 4) is 5.75 Å². The van der Waals surface area contributed by atoms with Crippen molar-refractivity contribution >= 4 is 23.6 Å². The van der Waals surface area contributed by atoms with Crippen molar-refractivity contribution in [1.82, 2.24) is 10.2 Å². The number of amides is 2. The maximum Gasteiger partial charge on any atom is 0.341 e. The van der Waals surface area contributed by atoms with Gasteiger partial charge in [0.1, 0.15) is 11.6 Å². The van der Waals surface area contributed by atoms with E-state index in [2.05, 4.69) is 5.32 Å². The molecule has 0 bridgehead atoms. The molecule has 2 N–H and O–H groups in total. The Bertz CT molecular complexity index is 1170. The SMILES string of the molecule is O=C(O)COc1ccc(Cl)cc1C1c2ccccc2CN1C(=O)NCc1cccc(F)c1. The zero-order valence-corrected chi connectivity index (χ0v) is 17.7. The lowest BCUT2D eigenvalue weighted by molar-refractivity contribution is -0.139. The van der Waals surface area contributed by atoms with Crippen LogP contribution >= 0.6 is 11.6 Å². The normalized spacial score (nSPS) is 14.7. The Balaban J connectivity index is 1.65. The van der Waals surface area contributed by atoms with E-state index in [9.17, 15) is 14.0 Å². The number of nitrogens with zero attached hydrogens (tertiary/aromatic N) is 1. The van der Waals surface area contributed by atoms with Crippen molar-refractivity contribution in [2.24, 2.45) is 0 Å². The molecule has 0 saturated heterocycles. The number of halogens is 2. The van der Waals surface area contributed by atoms with Crippen LogP contribution in [0, 0.1) is 5.82 Å². The van der Waals surface area contributed by atoms with Crippen LogP contribution in [0.3, 0.4) is 0 Å². The summed E-state index contributed by atoms with van der Waals surface area (Å²) in [6, 6.07) is 17.7. The Morgan fingerprint density at radius 3 is 2.69 bits per heavy atom. The van der Waals surface area contributed by atoms with E-state index in [0.29, 0.717) is 28.4 Å². The number of fused-ring (bicyclic) bond motifs is 1. The van der Waals surface area contributed by atoms with Gasteiger partial charge in [0, 0.05) is 23.7 Å². The van der Waals surface area contributed by atoms with E-state index >= 15 is 0 Å². The highest BCUT2D eigenvalue weighted by Gasteiger charge is 2.36. The van der Waals surface area contributed by atoms with Gasteiger partial charge in [-0.3, -0.25) is 0 Å². The summed E-state index contributed by atoms with van der Waals surface area (Å²) >= 11 is 6.24. The fourth-order valence-electron chi connectivity index (χ4n) is 3.84. The zero-order valence-electron chi connectivity index (χ0n) is 16.9. The number of aliphatic carboxylic acids is 1. The van der Waals surface area contributed by atoms with Crippen LogP contribution in [0.25, 0.3) is 0 Å². The van der Waals surface area contributed by atoms with Gasteiger partial charge in [-0.15, -0.1) is 0 Å². The van der Waals surface area contributed by atoms with Crippen LogP contribution in [-0.2, 0) is 17.9 Å². The first kappa shape index (κ1) is 21.6. The van der Waals surface area contributed by atoms with Crippen LogP contribution in [0.2, 0.25) is 5.02 Å². The molecule has 3 aromatic carbocycles. The molecule has 0 aromatic heterocycles. The minimum absolute atomic E-state index is 0.161. The van der Waals surface area contributed by atoms with Gasteiger partial charge >= 0.3 is 12.0 Å². The van der Waals surface area contributed by atoms with Gasteiger partial charge in [0.25, 0.3) is 0 Å². The average molecular weight is 455 g/mol. The first-order valence-corrected chi connectivity index (χ1v) is 10.3. The first-order valence-electron chi connectivity index (χ1n) is 9.93. The Hall–Kier alpha value is -3.58. The van der Waals surface area contributed by atoms with Gasteiger partial charge in [-0.05, 0) is 47.0 Å². The van der Waals surface area contributed by atoms with E-state index in [1.54, 1.807) is 35.2 Å². The second kappa shape index (κ2) is 9.28. The monoisotopic (exact) mass is 454 g/mol. The van der Waals surface area contributed by atoms with Crippen LogP contribution in [0.4, 0.5) is 9.18 Å². The zero-order chi connectivity index (χ0) is 22.7. The van der Waals surface area contributed by atoms with Gasteiger partial charge in [0.2, 0.25) is 0 Å². The molecule has 32 heavy (non-hydrogen) atoms. The maximum absolute atomic E-state index is 13.5. The number of urea groups is 1. The largest absolute Gasteiger partial charge is 0.482 e. The second-order valence-corrected chi connectivity index (χ2v) is 7.82. The highest BCUT2D eigenvalue weighted by atomic mass is 35.5. The van der Waals surface area contributed by atoms with Crippen molar-refractivity contribution in [2.75, 3.05) is 6.61 Å². The van der Waals surface area contributed by atoms with Crippen LogP contribution in [0.5, 0.6) is 5.75 Å². The van der Waals surface area contributed by atoms with E-state index in [0.717, 1.165) is 11.1 Å². The number of rotatable bonds is 6. The molecule has 2 amide bonds. The topological polar surface area (TPSA) is 78.9 Å². The predicted octanol–water partition coefficient (Wildman–Crippen LogP) is 4.76. The van der Waals surface area contributed by atoms with E-state index < -0.39 is 18.6 Å². The van der Waals surface area contributed by atoms with Gasteiger partial charge in [0.05, 0.1) is 6.04 Å². The Morgan fingerprint density at radius 2 is 1.91 bits per heavy atom. The Labute approximate surface area is 189 Å². The molecule has 1 aliphatic heterocycles. The lowest BCUT2D eigenvalue weighted by atomic mass is 9.97. The summed E-state index contributed by atoms with van der Waals surface area (Å²) in [7, 11) is 0. The molecular weight excluding hydrogens is 435 g/mol. The highest BCUT2D eigenvalue weighted by molar-refractivity contribution is 6.30. The van der Waals surface area contributed by atoms with Crippen molar-refractivity contribution in [2.45, 2.75) is 19.1 Å². The van der Waals surface area contributed by atoms with Crippen LogP contribution in [-0.4, -0.2) is 28.6 Å². The number of ether oxygens (including phenoxy) is 1. The summed E-state index contributed by atoms with van der Waals surface area (Å²) in [5.74, 6) is -1.15. The molecule has 6 nitrogen and oxygen atoms in total. The fourth-order valence-corrected chi connectivity index (χ4v) is 4.02. The number of carboxylic acids is 1. The number of carbonyl (C=O) groups is 2. The minimum atomic E-state index is -1.11. The molecule has 1 unspecified atom stereocenters.